The van der Waals surface area contributed by atoms with Crippen LogP contribution in [0.15, 0.2) is 17.0 Å². The molecule has 23 heavy (non-hydrogen) atoms. The van der Waals surface area contributed by atoms with Gasteiger partial charge in [0.25, 0.3) is 0 Å². The fourth-order valence-corrected chi connectivity index (χ4v) is 4.96. The average Bonchev–Trinajstić information content (AvgIpc) is 2.47. The van der Waals surface area contributed by atoms with E-state index in [9.17, 15) is 8.42 Å². The number of aryl methyl sites for hydroxylation is 2. The van der Waals surface area contributed by atoms with Crippen molar-refractivity contribution in [2.24, 2.45) is 5.92 Å². The molecule has 7 heteroatoms. The van der Waals surface area contributed by atoms with Gasteiger partial charge in [0.2, 0.25) is 10.0 Å². The van der Waals surface area contributed by atoms with Crippen molar-refractivity contribution < 1.29 is 13.2 Å². The second-order valence-electron chi connectivity index (χ2n) is 6.02. The van der Waals surface area contributed by atoms with E-state index in [2.05, 4.69) is 5.32 Å². The SMILES string of the molecule is CNCC1CCCN(S(=O)(=O)c2cc(C)c(OC)c(C)c2)C1.Cl. The van der Waals surface area contributed by atoms with Crippen LogP contribution in [0.5, 0.6) is 5.75 Å². The molecule has 0 aliphatic carbocycles. The number of benzene rings is 1. The second-order valence-corrected chi connectivity index (χ2v) is 7.96. The van der Waals surface area contributed by atoms with Gasteiger partial charge in [0.05, 0.1) is 12.0 Å². The van der Waals surface area contributed by atoms with Gasteiger partial charge < -0.3 is 10.1 Å². The first-order valence-electron chi connectivity index (χ1n) is 7.70. The van der Waals surface area contributed by atoms with Gasteiger partial charge in [-0.25, -0.2) is 8.42 Å². The number of halogens is 1. The Morgan fingerprint density at radius 3 is 2.43 bits per heavy atom. The predicted octanol–water partition coefficient (Wildman–Crippen LogP) is 2.35. The molecule has 0 aromatic heterocycles. The Hall–Kier alpha value is -0.820. The van der Waals surface area contributed by atoms with Gasteiger partial charge in [-0.1, -0.05) is 0 Å². The van der Waals surface area contributed by atoms with Crippen LogP contribution >= 0.6 is 12.4 Å². The Balaban J connectivity index is 0.00000264. The minimum Gasteiger partial charge on any atom is -0.496 e. The maximum Gasteiger partial charge on any atom is 0.243 e. The van der Waals surface area contributed by atoms with Crippen LogP contribution in [0, 0.1) is 19.8 Å². The minimum absolute atomic E-state index is 0. The van der Waals surface area contributed by atoms with Crippen molar-refractivity contribution in [3.63, 3.8) is 0 Å². The molecule has 2 rings (SSSR count). The lowest BCUT2D eigenvalue weighted by Gasteiger charge is -2.32. The zero-order valence-electron chi connectivity index (χ0n) is 14.3. The van der Waals surface area contributed by atoms with Crippen molar-refractivity contribution in [1.82, 2.24) is 9.62 Å². The van der Waals surface area contributed by atoms with Crippen LogP contribution in [0.25, 0.3) is 0 Å². The second kappa shape index (κ2) is 8.33. The molecule has 132 valence electrons. The summed E-state index contributed by atoms with van der Waals surface area (Å²) in [5.41, 5.74) is 1.70. The van der Waals surface area contributed by atoms with Gasteiger partial charge in [0, 0.05) is 13.1 Å². The highest BCUT2D eigenvalue weighted by Gasteiger charge is 2.30. The van der Waals surface area contributed by atoms with E-state index in [1.807, 2.05) is 20.9 Å². The molecule has 5 nitrogen and oxygen atoms in total. The summed E-state index contributed by atoms with van der Waals surface area (Å²) in [6.07, 6.45) is 1.99. The molecule has 1 aromatic rings. The molecule has 0 saturated carbocycles. The van der Waals surface area contributed by atoms with E-state index in [1.54, 1.807) is 23.5 Å². The summed E-state index contributed by atoms with van der Waals surface area (Å²) < 4.78 is 32.8. The van der Waals surface area contributed by atoms with Crippen LogP contribution in [-0.4, -0.2) is 46.5 Å². The molecule has 1 heterocycles. The van der Waals surface area contributed by atoms with Crippen LogP contribution in [0.2, 0.25) is 0 Å². The van der Waals surface area contributed by atoms with E-state index in [0.29, 0.717) is 23.9 Å². The van der Waals surface area contributed by atoms with Gasteiger partial charge in [0.15, 0.2) is 0 Å². The summed E-state index contributed by atoms with van der Waals surface area (Å²) in [7, 11) is 0.0808. The Bertz CT molecular complexity index is 609. The molecule has 1 N–H and O–H groups in total. The summed E-state index contributed by atoms with van der Waals surface area (Å²) in [4.78, 5) is 0.369. The highest BCUT2D eigenvalue weighted by atomic mass is 35.5. The summed E-state index contributed by atoms with van der Waals surface area (Å²) in [6, 6.07) is 3.42. The summed E-state index contributed by atoms with van der Waals surface area (Å²) in [6.45, 7) is 5.81. The molecule has 1 aliphatic heterocycles. The molecular weight excluding hydrogens is 336 g/mol. The van der Waals surface area contributed by atoms with Gasteiger partial charge in [0.1, 0.15) is 5.75 Å². The molecule has 1 aliphatic rings. The lowest BCUT2D eigenvalue weighted by molar-refractivity contribution is 0.263. The van der Waals surface area contributed by atoms with Crippen LogP contribution in [0.1, 0.15) is 24.0 Å². The molecular formula is C16H27ClN2O3S. The van der Waals surface area contributed by atoms with Crippen LogP contribution in [0.3, 0.4) is 0 Å². The first-order valence-corrected chi connectivity index (χ1v) is 9.14. The Morgan fingerprint density at radius 2 is 1.91 bits per heavy atom. The van der Waals surface area contributed by atoms with Crippen molar-refractivity contribution in [3.05, 3.63) is 23.3 Å². The number of rotatable bonds is 5. The molecule has 0 bridgehead atoms. The smallest absolute Gasteiger partial charge is 0.243 e. The summed E-state index contributed by atoms with van der Waals surface area (Å²) in [5, 5.41) is 3.14. The number of piperidine rings is 1. The van der Waals surface area contributed by atoms with E-state index >= 15 is 0 Å². The highest BCUT2D eigenvalue weighted by molar-refractivity contribution is 7.89. The monoisotopic (exact) mass is 362 g/mol. The zero-order chi connectivity index (χ0) is 16.3. The number of hydrogen-bond donors (Lipinski definition) is 1. The Labute approximate surface area is 145 Å². The standard InChI is InChI=1S/C16H26N2O3S.ClH/c1-12-8-15(9-13(2)16(12)21-4)22(19,20)18-7-5-6-14(11-18)10-17-3;/h8-9,14,17H,5-7,10-11H2,1-4H3;1H. The van der Waals surface area contributed by atoms with E-state index in [4.69, 9.17) is 4.74 Å². The lowest BCUT2D eigenvalue weighted by Crippen LogP contribution is -2.42. The zero-order valence-corrected chi connectivity index (χ0v) is 15.9. The van der Waals surface area contributed by atoms with Crippen molar-refractivity contribution in [2.45, 2.75) is 31.6 Å². The minimum atomic E-state index is -3.43. The number of methoxy groups -OCH3 is 1. The van der Waals surface area contributed by atoms with Crippen molar-refractivity contribution >= 4 is 22.4 Å². The first-order chi connectivity index (χ1) is 10.4. The third kappa shape index (κ3) is 4.38. The summed E-state index contributed by atoms with van der Waals surface area (Å²) >= 11 is 0. The van der Waals surface area contributed by atoms with Crippen molar-refractivity contribution in [2.75, 3.05) is 33.8 Å². The van der Waals surface area contributed by atoms with Crippen LogP contribution in [-0.2, 0) is 10.0 Å². The third-order valence-corrected chi connectivity index (χ3v) is 6.09. The van der Waals surface area contributed by atoms with Gasteiger partial charge in [-0.2, -0.15) is 4.31 Å². The van der Waals surface area contributed by atoms with Gasteiger partial charge in [-0.05, 0) is 69.5 Å². The van der Waals surface area contributed by atoms with Crippen molar-refractivity contribution in [3.8, 4) is 5.75 Å². The van der Waals surface area contributed by atoms with Gasteiger partial charge in [-0.15, -0.1) is 12.4 Å². The van der Waals surface area contributed by atoms with Crippen molar-refractivity contribution in [1.29, 1.82) is 0 Å². The van der Waals surface area contributed by atoms with E-state index in [1.165, 1.54) is 0 Å². The maximum atomic E-state index is 12.9. The first kappa shape index (κ1) is 20.2. The Kier molecular flexibility index (Phi) is 7.32. The highest BCUT2D eigenvalue weighted by Crippen LogP contribution is 2.29. The number of nitrogens with zero attached hydrogens (tertiary/aromatic N) is 1. The fourth-order valence-electron chi connectivity index (χ4n) is 3.23. The summed E-state index contributed by atoms with van der Waals surface area (Å²) in [5.74, 6) is 1.14. The molecule has 0 spiro atoms. The molecule has 0 amide bonds. The van der Waals surface area contributed by atoms with E-state index in [0.717, 1.165) is 36.3 Å². The molecule has 1 saturated heterocycles. The average molecular weight is 363 g/mol. The molecule has 0 radical (unpaired) electrons. The fraction of sp³-hybridized carbons (Fsp3) is 0.625. The normalized spacial score (nSPS) is 19.2. The molecule has 1 atom stereocenters. The largest absolute Gasteiger partial charge is 0.496 e. The number of sulfonamides is 1. The number of hydrogen-bond acceptors (Lipinski definition) is 4. The number of ether oxygens (including phenoxy) is 1. The quantitative estimate of drug-likeness (QED) is 0.873. The third-order valence-electron chi connectivity index (χ3n) is 4.25. The predicted molar refractivity (Wildman–Crippen MR) is 95.1 cm³/mol. The molecule has 1 unspecified atom stereocenters. The lowest BCUT2D eigenvalue weighted by atomic mass is 10.00. The van der Waals surface area contributed by atoms with Gasteiger partial charge in [-0.3, -0.25) is 0 Å². The van der Waals surface area contributed by atoms with E-state index < -0.39 is 10.0 Å². The van der Waals surface area contributed by atoms with Crippen LogP contribution < -0.4 is 10.1 Å². The van der Waals surface area contributed by atoms with E-state index in [-0.39, 0.29) is 12.4 Å². The van der Waals surface area contributed by atoms with Crippen LogP contribution in [0.4, 0.5) is 0 Å². The molecule has 1 aromatic carbocycles. The molecule has 1 fully saturated rings. The van der Waals surface area contributed by atoms with Gasteiger partial charge >= 0.3 is 0 Å². The Morgan fingerprint density at radius 1 is 1.30 bits per heavy atom. The number of nitrogens with one attached hydrogen (secondary N) is 1. The topological polar surface area (TPSA) is 58.6 Å². The maximum absolute atomic E-state index is 12.9.